The van der Waals surface area contributed by atoms with Crippen LogP contribution in [0.2, 0.25) is 0 Å². The highest BCUT2D eigenvalue weighted by Gasteiger charge is 2.36. The molecule has 1 aliphatic rings. The van der Waals surface area contributed by atoms with Gasteiger partial charge in [-0.3, -0.25) is 4.90 Å². The topological polar surface area (TPSA) is 55.8 Å². The number of rotatable bonds is 3. The molecular formula is C14H15NO4. The van der Waals surface area contributed by atoms with Gasteiger partial charge in [0.1, 0.15) is 0 Å². The second-order valence-electron chi connectivity index (χ2n) is 3.98. The summed E-state index contributed by atoms with van der Waals surface area (Å²) in [5.74, 6) is -0.444. The van der Waals surface area contributed by atoms with E-state index in [1.807, 2.05) is 30.3 Å². The Bertz CT molecular complexity index is 483. The van der Waals surface area contributed by atoms with Gasteiger partial charge in [0, 0.05) is 0 Å². The molecule has 0 aromatic heterocycles. The molecule has 0 unspecified atom stereocenters. The second-order valence-corrected chi connectivity index (χ2v) is 3.98. The van der Waals surface area contributed by atoms with E-state index < -0.39 is 18.1 Å². The third kappa shape index (κ3) is 3.13. The van der Waals surface area contributed by atoms with Crippen LogP contribution in [0.5, 0.6) is 0 Å². The summed E-state index contributed by atoms with van der Waals surface area (Å²) in [6.07, 6.45) is 2.88. The van der Waals surface area contributed by atoms with E-state index >= 15 is 0 Å². The zero-order chi connectivity index (χ0) is 13.7. The van der Waals surface area contributed by atoms with Crippen molar-refractivity contribution in [2.24, 2.45) is 0 Å². The summed E-state index contributed by atoms with van der Waals surface area (Å²) in [5.41, 5.74) is 0.950. The molecule has 1 fully saturated rings. The minimum Gasteiger partial charge on any atom is -0.450 e. The van der Waals surface area contributed by atoms with Crippen LogP contribution in [0.25, 0.3) is 6.08 Å². The Morgan fingerprint density at radius 2 is 2.21 bits per heavy atom. The molecule has 1 aromatic rings. The molecule has 1 heterocycles. The molecule has 0 radical (unpaired) electrons. The van der Waals surface area contributed by atoms with Gasteiger partial charge in [0.2, 0.25) is 0 Å². The summed E-state index contributed by atoms with van der Waals surface area (Å²) in [7, 11) is 0. The molecule has 5 heteroatoms. The Hall–Kier alpha value is -2.30. The molecule has 1 saturated heterocycles. The van der Waals surface area contributed by atoms with E-state index in [9.17, 15) is 9.59 Å². The first-order valence-corrected chi connectivity index (χ1v) is 6.05. The van der Waals surface area contributed by atoms with Gasteiger partial charge in [0.25, 0.3) is 0 Å². The second kappa shape index (κ2) is 6.04. The molecule has 100 valence electrons. The summed E-state index contributed by atoms with van der Waals surface area (Å²) in [5, 5.41) is 0. The highest BCUT2D eigenvalue weighted by Crippen LogP contribution is 2.15. The fraction of sp³-hybridized carbons (Fsp3) is 0.286. The standard InChI is InChI=1S/C14H15NO4/c1-2-18-14(17)15-10-19-13(16)12(15)9-8-11-6-4-3-5-7-11/h3-9,12H,2,10H2,1H3/t12-/m0/s1. The Labute approximate surface area is 111 Å². The SMILES string of the molecule is CCOC(=O)N1COC(=O)[C@@H]1C=Cc1ccccc1. The molecule has 1 aliphatic heterocycles. The van der Waals surface area contributed by atoms with Gasteiger partial charge in [-0.05, 0) is 12.5 Å². The summed E-state index contributed by atoms with van der Waals surface area (Å²) in [6, 6.07) is 8.80. The average Bonchev–Trinajstić information content (AvgIpc) is 2.79. The third-order valence-corrected chi connectivity index (χ3v) is 2.70. The average molecular weight is 261 g/mol. The predicted octanol–water partition coefficient (Wildman–Crippen LogP) is 2.04. The van der Waals surface area contributed by atoms with Crippen molar-refractivity contribution in [1.82, 2.24) is 4.90 Å². The number of carbonyl (C=O) groups excluding carboxylic acids is 2. The highest BCUT2D eigenvalue weighted by atomic mass is 16.6. The van der Waals surface area contributed by atoms with Crippen LogP contribution in [-0.4, -0.2) is 36.3 Å². The van der Waals surface area contributed by atoms with Crippen LogP contribution in [0.15, 0.2) is 36.4 Å². The summed E-state index contributed by atoms with van der Waals surface area (Å²) in [6.45, 7) is 1.91. The van der Waals surface area contributed by atoms with E-state index in [2.05, 4.69) is 0 Å². The highest BCUT2D eigenvalue weighted by molar-refractivity contribution is 5.86. The molecule has 2 rings (SSSR count). The number of ether oxygens (including phenoxy) is 2. The smallest absolute Gasteiger partial charge is 0.413 e. The Morgan fingerprint density at radius 1 is 1.47 bits per heavy atom. The molecule has 1 amide bonds. The lowest BCUT2D eigenvalue weighted by atomic mass is 10.1. The van der Waals surface area contributed by atoms with E-state index in [0.717, 1.165) is 5.56 Å². The van der Waals surface area contributed by atoms with Crippen LogP contribution < -0.4 is 0 Å². The minimum absolute atomic E-state index is 0.0680. The number of benzene rings is 1. The first-order chi connectivity index (χ1) is 9.22. The maximum Gasteiger partial charge on any atom is 0.413 e. The molecular weight excluding hydrogens is 246 g/mol. The zero-order valence-corrected chi connectivity index (χ0v) is 10.6. The fourth-order valence-electron chi connectivity index (χ4n) is 1.75. The molecule has 0 saturated carbocycles. The maximum atomic E-state index is 11.7. The van der Waals surface area contributed by atoms with Crippen molar-refractivity contribution >= 4 is 18.1 Å². The predicted molar refractivity (Wildman–Crippen MR) is 69.1 cm³/mol. The van der Waals surface area contributed by atoms with E-state index in [4.69, 9.17) is 9.47 Å². The van der Waals surface area contributed by atoms with Crippen molar-refractivity contribution in [2.75, 3.05) is 13.3 Å². The Balaban J connectivity index is 2.10. The lowest BCUT2D eigenvalue weighted by Crippen LogP contribution is -2.37. The van der Waals surface area contributed by atoms with Crippen LogP contribution >= 0.6 is 0 Å². The van der Waals surface area contributed by atoms with Crippen molar-refractivity contribution in [3.8, 4) is 0 Å². The van der Waals surface area contributed by atoms with Gasteiger partial charge in [-0.25, -0.2) is 9.59 Å². The van der Waals surface area contributed by atoms with Gasteiger partial charge >= 0.3 is 12.1 Å². The molecule has 0 spiro atoms. The van der Waals surface area contributed by atoms with E-state index in [1.54, 1.807) is 19.1 Å². The number of nitrogens with zero attached hydrogens (tertiary/aromatic N) is 1. The van der Waals surface area contributed by atoms with Gasteiger partial charge in [-0.1, -0.05) is 42.5 Å². The van der Waals surface area contributed by atoms with Crippen LogP contribution in [0, 0.1) is 0 Å². The molecule has 0 N–H and O–H groups in total. The van der Waals surface area contributed by atoms with E-state index in [1.165, 1.54) is 4.90 Å². The lowest BCUT2D eigenvalue weighted by Gasteiger charge is -2.16. The molecule has 19 heavy (non-hydrogen) atoms. The number of hydrogen-bond acceptors (Lipinski definition) is 4. The number of hydrogen-bond donors (Lipinski definition) is 0. The Kier molecular flexibility index (Phi) is 4.18. The van der Waals surface area contributed by atoms with Crippen molar-refractivity contribution in [2.45, 2.75) is 13.0 Å². The van der Waals surface area contributed by atoms with Crippen LogP contribution in [-0.2, 0) is 14.3 Å². The zero-order valence-electron chi connectivity index (χ0n) is 10.6. The maximum absolute atomic E-state index is 11.7. The Morgan fingerprint density at radius 3 is 2.89 bits per heavy atom. The molecule has 1 atom stereocenters. The van der Waals surface area contributed by atoms with Gasteiger partial charge < -0.3 is 9.47 Å². The van der Waals surface area contributed by atoms with Crippen molar-refractivity contribution in [3.63, 3.8) is 0 Å². The summed E-state index contributed by atoms with van der Waals surface area (Å²) in [4.78, 5) is 24.5. The quantitative estimate of drug-likeness (QED) is 0.781. The normalized spacial score (nSPS) is 18.7. The molecule has 1 aromatic carbocycles. The third-order valence-electron chi connectivity index (χ3n) is 2.70. The van der Waals surface area contributed by atoms with Crippen LogP contribution in [0.4, 0.5) is 4.79 Å². The van der Waals surface area contributed by atoms with E-state index in [0.29, 0.717) is 0 Å². The number of esters is 1. The largest absolute Gasteiger partial charge is 0.450 e. The monoisotopic (exact) mass is 261 g/mol. The summed E-state index contributed by atoms with van der Waals surface area (Å²) >= 11 is 0. The summed E-state index contributed by atoms with van der Waals surface area (Å²) < 4.78 is 9.75. The number of amides is 1. The van der Waals surface area contributed by atoms with Crippen molar-refractivity contribution < 1.29 is 19.1 Å². The lowest BCUT2D eigenvalue weighted by molar-refractivity contribution is -0.138. The molecule has 0 bridgehead atoms. The molecule has 0 aliphatic carbocycles. The van der Waals surface area contributed by atoms with Crippen LogP contribution in [0.1, 0.15) is 12.5 Å². The van der Waals surface area contributed by atoms with Gasteiger partial charge in [-0.2, -0.15) is 0 Å². The number of carbonyl (C=O) groups is 2. The minimum atomic E-state index is -0.723. The number of cyclic esters (lactones) is 1. The van der Waals surface area contributed by atoms with Crippen molar-refractivity contribution in [1.29, 1.82) is 0 Å². The van der Waals surface area contributed by atoms with Gasteiger partial charge in [0.05, 0.1) is 6.61 Å². The van der Waals surface area contributed by atoms with Crippen molar-refractivity contribution in [3.05, 3.63) is 42.0 Å². The first-order valence-electron chi connectivity index (χ1n) is 6.05. The van der Waals surface area contributed by atoms with Gasteiger partial charge in [-0.15, -0.1) is 0 Å². The fourth-order valence-corrected chi connectivity index (χ4v) is 1.75. The first kappa shape index (κ1) is 13.1. The molecule has 5 nitrogen and oxygen atoms in total. The van der Waals surface area contributed by atoms with Gasteiger partial charge in [0.15, 0.2) is 12.8 Å². The van der Waals surface area contributed by atoms with Crippen LogP contribution in [0.3, 0.4) is 0 Å². The van der Waals surface area contributed by atoms with E-state index in [-0.39, 0.29) is 13.3 Å².